The lowest BCUT2D eigenvalue weighted by molar-refractivity contribution is 0.0950. The zero-order valence-electron chi connectivity index (χ0n) is 17.9. The van der Waals surface area contributed by atoms with E-state index in [4.69, 9.17) is 4.74 Å². The summed E-state index contributed by atoms with van der Waals surface area (Å²) in [4.78, 5) is 16.2. The van der Waals surface area contributed by atoms with Gasteiger partial charge in [0.2, 0.25) is 0 Å². The minimum Gasteiger partial charge on any atom is -0.494 e. The molecule has 2 N–H and O–H groups in total. The second-order valence-electron chi connectivity index (χ2n) is 7.29. The molecule has 0 saturated heterocycles. The van der Waals surface area contributed by atoms with Gasteiger partial charge in [0.15, 0.2) is 0 Å². The number of aromatic amines is 1. The number of carbonyl (C=O) groups is 1. The largest absolute Gasteiger partial charge is 0.494 e. The molecule has 3 aromatic rings. The number of H-pyrrole nitrogens is 1. The second kappa shape index (κ2) is 12.3. The third-order valence-corrected chi connectivity index (χ3v) is 4.83. The van der Waals surface area contributed by atoms with Crippen LogP contribution in [-0.4, -0.2) is 33.9 Å². The van der Waals surface area contributed by atoms with Gasteiger partial charge in [-0.25, -0.2) is 5.43 Å². The Balaban J connectivity index is 1.45. The van der Waals surface area contributed by atoms with Crippen LogP contribution in [-0.2, 0) is 0 Å². The Morgan fingerprint density at radius 2 is 1.81 bits per heavy atom. The fourth-order valence-corrected chi connectivity index (χ4v) is 3.06. The highest BCUT2D eigenvalue weighted by Crippen LogP contribution is 2.21. The predicted octanol–water partition coefficient (Wildman–Crippen LogP) is 4.97. The van der Waals surface area contributed by atoms with Gasteiger partial charge in [-0.15, -0.1) is 0 Å². The number of hydrogen-bond donors (Lipinski definition) is 2. The van der Waals surface area contributed by atoms with Gasteiger partial charge in [-0.2, -0.15) is 10.2 Å². The molecule has 7 heteroatoms. The molecule has 0 bridgehead atoms. The van der Waals surface area contributed by atoms with Crippen LogP contribution in [0.25, 0.3) is 11.3 Å². The Morgan fingerprint density at radius 1 is 1.06 bits per heavy atom. The maximum absolute atomic E-state index is 12.2. The summed E-state index contributed by atoms with van der Waals surface area (Å²) < 4.78 is 5.82. The van der Waals surface area contributed by atoms with E-state index in [-0.39, 0.29) is 5.91 Å². The molecule has 0 aliphatic heterocycles. The van der Waals surface area contributed by atoms with E-state index in [0.717, 1.165) is 29.9 Å². The Hall–Kier alpha value is -3.48. The van der Waals surface area contributed by atoms with Gasteiger partial charge in [0, 0.05) is 18.0 Å². The number of hydrazone groups is 1. The molecular formula is C24H29N5O2. The summed E-state index contributed by atoms with van der Waals surface area (Å²) in [5.74, 6) is 0.485. The molecule has 1 amide bonds. The third kappa shape index (κ3) is 7.37. The fraction of sp³-hybridized carbons (Fsp3) is 0.333. The fourth-order valence-electron chi connectivity index (χ4n) is 3.06. The lowest BCUT2D eigenvalue weighted by Crippen LogP contribution is -2.17. The van der Waals surface area contributed by atoms with Crippen molar-refractivity contribution in [3.05, 3.63) is 66.1 Å². The minimum atomic E-state index is -0.358. The summed E-state index contributed by atoms with van der Waals surface area (Å²) >= 11 is 0. The highest BCUT2D eigenvalue weighted by Gasteiger charge is 2.10. The number of carbonyl (C=O) groups excluding carboxylic acids is 1. The van der Waals surface area contributed by atoms with E-state index in [1.54, 1.807) is 36.8 Å². The molecule has 0 unspecified atom stereocenters. The van der Waals surface area contributed by atoms with Crippen molar-refractivity contribution in [1.29, 1.82) is 0 Å². The Labute approximate surface area is 183 Å². The van der Waals surface area contributed by atoms with Crippen LogP contribution in [0.1, 0.15) is 61.5 Å². The van der Waals surface area contributed by atoms with E-state index in [0.29, 0.717) is 11.4 Å². The van der Waals surface area contributed by atoms with Crippen LogP contribution in [0.15, 0.2) is 60.0 Å². The first-order chi connectivity index (χ1) is 15.3. The molecule has 0 aliphatic carbocycles. The number of unbranched alkanes of at least 4 members (excludes halogenated alkanes) is 5. The number of ether oxygens (including phenoxy) is 1. The number of amides is 1. The van der Waals surface area contributed by atoms with Gasteiger partial charge < -0.3 is 4.74 Å². The summed E-state index contributed by atoms with van der Waals surface area (Å²) in [5, 5.41) is 10.9. The Kier molecular flexibility index (Phi) is 8.79. The lowest BCUT2D eigenvalue weighted by atomic mass is 10.1. The van der Waals surface area contributed by atoms with Crippen LogP contribution in [0.2, 0.25) is 0 Å². The normalized spacial score (nSPS) is 11.0. The first-order valence-corrected chi connectivity index (χ1v) is 10.8. The van der Waals surface area contributed by atoms with Crippen molar-refractivity contribution in [2.24, 2.45) is 5.10 Å². The quantitative estimate of drug-likeness (QED) is 0.246. The van der Waals surface area contributed by atoms with Crippen molar-refractivity contribution in [3.8, 4) is 17.0 Å². The van der Waals surface area contributed by atoms with E-state index in [9.17, 15) is 4.79 Å². The van der Waals surface area contributed by atoms with Gasteiger partial charge in [-0.3, -0.25) is 14.9 Å². The van der Waals surface area contributed by atoms with Gasteiger partial charge >= 0.3 is 0 Å². The van der Waals surface area contributed by atoms with Gasteiger partial charge in [-0.1, -0.05) is 39.0 Å². The first-order valence-electron chi connectivity index (χ1n) is 10.8. The zero-order chi connectivity index (χ0) is 21.7. The number of nitrogens with zero attached hydrogens (tertiary/aromatic N) is 3. The third-order valence-electron chi connectivity index (χ3n) is 4.83. The van der Waals surface area contributed by atoms with Crippen LogP contribution in [0.5, 0.6) is 5.75 Å². The summed E-state index contributed by atoms with van der Waals surface area (Å²) in [5.41, 5.74) is 5.26. The highest BCUT2D eigenvalue weighted by atomic mass is 16.5. The van der Waals surface area contributed by atoms with Crippen LogP contribution >= 0.6 is 0 Å². The molecule has 0 fully saturated rings. The standard InChI is InChI=1S/C24H29N5O2/c1-2-3-4-5-6-7-16-31-21-10-8-20(9-11-21)22-17-23(28-27-22)24(30)29-26-18-19-12-14-25-15-13-19/h8-15,17-18H,2-7,16H2,1H3,(H,27,28)(H,29,30). The number of rotatable bonds is 12. The van der Waals surface area contributed by atoms with Crippen molar-refractivity contribution >= 4 is 12.1 Å². The molecule has 162 valence electrons. The molecule has 0 atom stereocenters. The van der Waals surface area contributed by atoms with Gasteiger partial charge in [0.25, 0.3) is 5.91 Å². The molecule has 0 saturated carbocycles. The zero-order valence-corrected chi connectivity index (χ0v) is 17.9. The van der Waals surface area contributed by atoms with Crippen molar-refractivity contribution in [2.45, 2.75) is 45.4 Å². The monoisotopic (exact) mass is 419 g/mol. The predicted molar refractivity (Wildman–Crippen MR) is 122 cm³/mol. The Morgan fingerprint density at radius 3 is 2.58 bits per heavy atom. The van der Waals surface area contributed by atoms with E-state index in [2.05, 4.69) is 32.6 Å². The molecule has 0 spiro atoms. The Bertz CT molecular complexity index is 952. The lowest BCUT2D eigenvalue weighted by Gasteiger charge is -2.06. The highest BCUT2D eigenvalue weighted by molar-refractivity contribution is 5.94. The summed E-state index contributed by atoms with van der Waals surface area (Å²) in [6.45, 7) is 2.96. The van der Waals surface area contributed by atoms with Crippen molar-refractivity contribution in [2.75, 3.05) is 6.61 Å². The van der Waals surface area contributed by atoms with Gasteiger partial charge in [0.1, 0.15) is 11.4 Å². The number of benzene rings is 1. The summed E-state index contributed by atoms with van der Waals surface area (Å²) in [7, 11) is 0. The molecule has 2 heterocycles. The smallest absolute Gasteiger partial charge is 0.289 e. The number of aromatic nitrogens is 3. The van der Waals surface area contributed by atoms with E-state index in [1.807, 2.05) is 24.3 Å². The minimum absolute atomic E-state index is 0.338. The molecule has 1 aromatic carbocycles. The van der Waals surface area contributed by atoms with Crippen molar-refractivity contribution in [1.82, 2.24) is 20.6 Å². The summed E-state index contributed by atoms with van der Waals surface area (Å²) in [6.07, 6.45) is 12.3. The average molecular weight is 420 g/mol. The van der Waals surface area contributed by atoms with Gasteiger partial charge in [0.05, 0.1) is 18.5 Å². The molecular weight excluding hydrogens is 390 g/mol. The number of pyridine rings is 1. The number of hydrogen-bond acceptors (Lipinski definition) is 5. The van der Waals surface area contributed by atoms with Crippen LogP contribution in [0.3, 0.4) is 0 Å². The van der Waals surface area contributed by atoms with Crippen LogP contribution in [0, 0.1) is 0 Å². The number of nitrogens with one attached hydrogen (secondary N) is 2. The van der Waals surface area contributed by atoms with E-state index in [1.165, 1.54) is 32.1 Å². The SMILES string of the molecule is CCCCCCCCOc1ccc(-c2cc(C(=O)NN=Cc3ccncc3)[nH]n2)cc1. The van der Waals surface area contributed by atoms with Gasteiger partial charge in [-0.05, 0) is 54.4 Å². The maximum atomic E-state index is 12.2. The second-order valence-corrected chi connectivity index (χ2v) is 7.29. The molecule has 0 aliphatic rings. The molecule has 7 nitrogen and oxygen atoms in total. The van der Waals surface area contributed by atoms with E-state index >= 15 is 0 Å². The molecule has 31 heavy (non-hydrogen) atoms. The van der Waals surface area contributed by atoms with Crippen LogP contribution < -0.4 is 10.2 Å². The maximum Gasteiger partial charge on any atom is 0.289 e. The average Bonchev–Trinajstić information content (AvgIpc) is 3.30. The van der Waals surface area contributed by atoms with E-state index < -0.39 is 0 Å². The molecule has 3 rings (SSSR count). The first kappa shape index (κ1) is 22.2. The van der Waals surface area contributed by atoms with Crippen LogP contribution in [0.4, 0.5) is 0 Å². The molecule has 2 aromatic heterocycles. The van der Waals surface area contributed by atoms with Crippen molar-refractivity contribution in [3.63, 3.8) is 0 Å². The topological polar surface area (TPSA) is 92.3 Å². The van der Waals surface area contributed by atoms with Crippen molar-refractivity contribution < 1.29 is 9.53 Å². The molecule has 0 radical (unpaired) electrons. The summed E-state index contributed by atoms with van der Waals surface area (Å²) in [6, 6.07) is 13.0.